The summed E-state index contributed by atoms with van der Waals surface area (Å²) >= 11 is 3.47. The Morgan fingerprint density at radius 2 is 2.00 bits per heavy atom. The van der Waals surface area contributed by atoms with Crippen LogP contribution in [0.4, 0.5) is 9.18 Å². The molecule has 6 heteroatoms. The monoisotopic (exact) mass is 405 g/mol. The molecule has 0 spiro atoms. The average Bonchev–Trinajstić information content (AvgIpc) is 3.28. The van der Waals surface area contributed by atoms with Gasteiger partial charge in [-0.05, 0) is 61.6 Å². The lowest BCUT2D eigenvalue weighted by atomic mass is 9.94. The number of carboxylic acid groups (broad SMARTS) is 1. The Kier molecular flexibility index (Phi) is 4.64. The first-order valence-electron chi connectivity index (χ1n) is 7.90. The van der Waals surface area contributed by atoms with Crippen LogP contribution in [0.3, 0.4) is 0 Å². The molecule has 0 bridgehead atoms. The summed E-state index contributed by atoms with van der Waals surface area (Å²) in [5.41, 5.74) is 1.97. The van der Waals surface area contributed by atoms with Crippen LogP contribution in [0.1, 0.15) is 39.9 Å². The first-order chi connectivity index (χ1) is 11.8. The maximum atomic E-state index is 13.4. The van der Waals surface area contributed by atoms with Crippen molar-refractivity contribution in [2.75, 3.05) is 0 Å². The highest BCUT2D eigenvalue weighted by atomic mass is 79.9. The van der Waals surface area contributed by atoms with Crippen molar-refractivity contribution in [1.82, 2.24) is 5.32 Å². The molecule has 3 rings (SSSR count). The number of ketones is 1. The fraction of sp³-hybridized carbons (Fsp3) is 0.263. The van der Waals surface area contributed by atoms with E-state index in [9.17, 15) is 14.0 Å². The highest BCUT2D eigenvalue weighted by molar-refractivity contribution is 9.10. The van der Waals surface area contributed by atoms with Gasteiger partial charge >= 0.3 is 6.09 Å². The molecule has 25 heavy (non-hydrogen) atoms. The zero-order valence-corrected chi connectivity index (χ0v) is 15.2. The Balaban J connectivity index is 1.93. The molecule has 0 heterocycles. The van der Waals surface area contributed by atoms with Crippen LogP contribution in [0, 0.1) is 12.7 Å². The molecule has 2 aromatic carbocycles. The SMILES string of the molecule is Cc1c(Br)cc(CC2(NC(=O)O)CC2)cc1C(=O)c1cccc(F)c1. The molecule has 2 aromatic rings. The molecule has 4 nitrogen and oxygen atoms in total. The van der Waals surface area contributed by atoms with Gasteiger partial charge in [-0.15, -0.1) is 0 Å². The van der Waals surface area contributed by atoms with E-state index in [1.165, 1.54) is 18.2 Å². The molecule has 130 valence electrons. The Bertz CT molecular complexity index is 862. The first kappa shape index (κ1) is 17.6. The molecular formula is C19H17BrFNO3. The Labute approximate surface area is 153 Å². The molecule has 1 fully saturated rings. The van der Waals surface area contributed by atoms with Crippen LogP contribution in [0.5, 0.6) is 0 Å². The van der Waals surface area contributed by atoms with E-state index in [0.717, 1.165) is 28.4 Å². The van der Waals surface area contributed by atoms with E-state index >= 15 is 0 Å². The molecule has 1 aliphatic rings. The minimum absolute atomic E-state index is 0.254. The van der Waals surface area contributed by atoms with Gasteiger partial charge in [-0.3, -0.25) is 4.79 Å². The summed E-state index contributed by atoms with van der Waals surface area (Å²) in [6.45, 7) is 1.82. The normalized spacial score (nSPS) is 14.8. The molecule has 2 N–H and O–H groups in total. The Hall–Kier alpha value is -2.21. The lowest BCUT2D eigenvalue weighted by Crippen LogP contribution is -2.37. The van der Waals surface area contributed by atoms with Crippen LogP contribution in [-0.2, 0) is 6.42 Å². The van der Waals surface area contributed by atoms with Gasteiger partial charge in [-0.2, -0.15) is 0 Å². The largest absolute Gasteiger partial charge is 0.465 e. The Morgan fingerprint density at radius 3 is 2.60 bits per heavy atom. The van der Waals surface area contributed by atoms with Crippen molar-refractivity contribution in [2.45, 2.75) is 31.7 Å². The van der Waals surface area contributed by atoms with Crippen LogP contribution in [-0.4, -0.2) is 22.5 Å². The third kappa shape index (κ3) is 3.90. The standard InChI is InChI=1S/C19H17BrFNO3/c1-11-15(17(23)13-3-2-4-14(21)9-13)7-12(8-16(11)20)10-19(5-6-19)22-18(24)25/h2-4,7-9,22H,5-6,10H2,1H3,(H,24,25). The van der Waals surface area contributed by atoms with Gasteiger partial charge in [-0.1, -0.05) is 28.1 Å². The predicted molar refractivity (Wildman–Crippen MR) is 95.5 cm³/mol. The average molecular weight is 406 g/mol. The van der Waals surface area contributed by atoms with E-state index in [1.807, 2.05) is 13.0 Å². The van der Waals surface area contributed by atoms with Crippen molar-refractivity contribution >= 4 is 27.8 Å². The smallest absolute Gasteiger partial charge is 0.405 e. The van der Waals surface area contributed by atoms with Crippen molar-refractivity contribution in [3.8, 4) is 0 Å². The quantitative estimate of drug-likeness (QED) is 0.721. The summed E-state index contributed by atoms with van der Waals surface area (Å²) in [5.74, 6) is -0.711. The molecule has 1 saturated carbocycles. The van der Waals surface area contributed by atoms with Gasteiger partial charge in [0.25, 0.3) is 0 Å². The number of nitrogens with one attached hydrogen (secondary N) is 1. The number of hydrogen-bond donors (Lipinski definition) is 2. The van der Waals surface area contributed by atoms with Gasteiger partial charge < -0.3 is 10.4 Å². The zero-order valence-electron chi connectivity index (χ0n) is 13.6. The Morgan fingerprint density at radius 1 is 1.28 bits per heavy atom. The second-order valence-electron chi connectivity index (χ2n) is 6.48. The molecule has 1 aliphatic carbocycles. The van der Waals surface area contributed by atoms with Crippen molar-refractivity contribution < 1.29 is 19.1 Å². The van der Waals surface area contributed by atoms with Crippen LogP contribution in [0.25, 0.3) is 0 Å². The fourth-order valence-corrected chi connectivity index (χ4v) is 3.48. The van der Waals surface area contributed by atoms with E-state index in [1.54, 1.807) is 12.1 Å². The number of carbonyl (C=O) groups excluding carboxylic acids is 1. The van der Waals surface area contributed by atoms with Crippen LogP contribution < -0.4 is 5.32 Å². The molecule has 0 atom stereocenters. The van der Waals surface area contributed by atoms with Crippen LogP contribution >= 0.6 is 15.9 Å². The second kappa shape index (κ2) is 6.59. The lowest BCUT2D eigenvalue weighted by Gasteiger charge is -2.17. The fourth-order valence-electron chi connectivity index (χ4n) is 2.97. The van der Waals surface area contributed by atoms with Gasteiger partial charge in [-0.25, -0.2) is 9.18 Å². The molecule has 0 unspecified atom stereocenters. The molecule has 0 aromatic heterocycles. The lowest BCUT2D eigenvalue weighted by molar-refractivity contribution is 0.103. The highest BCUT2D eigenvalue weighted by Gasteiger charge is 2.44. The number of carbonyl (C=O) groups is 2. The highest BCUT2D eigenvalue weighted by Crippen LogP contribution is 2.39. The minimum atomic E-state index is -1.04. The first-order valence-corrected chi connectivity index (χ1v) is 8.69. The van der Waals surface area contributed by atoms with Crippen molar-refractivity contribution in [3.63, 3.8) is 0 Å². The van der Waals surface area contributed by atoms with Crippen molar-refractivity contribution in [2.24, 2.45) is 0 Å². The van der Waals surface area contributed by atoms with Crippen LogP contribution in [0.15, 0.2) is 40.9 Å². The van der Waals surface area contributed by atoms with E-state index in [4.69, 9.17) is 5.11 Å². The number of rotatable bonds is 5. The van der Waals surface area contributed by atoms with Gasteiger partial charge in [0, 0.05) is 21.1 Å². The minimum Gasteiger partial charge on any atom is -0.465 e. The summed E-state index contributed by atoms with van der Waals surface area (Å²) in [5, 5.41) is 11.5. The molecule has 0 radical (unpaired) electrons. The maximum absolute atomic E-state index is 13.4. The third-order valence-electron chi connectivity index (χ3n) is 4.50. The predicted octanol–water partition coefficient (Wildman–Crippen LogP) is 4.47. The molecule has 0 aliphatic heterocycles. The van der Waals surface area contributed by atoms with Crippen LogP contribution in [0.2, 0.25) is 0 Å². The van der Waals surface area contributed by atoms with E-state index in [0.29, 0.717) is 12.0 Å². The molecule has 0 saturated heterocycles. The molecular weight excluding hydrogens is 389 g/mol. The third-order valence-corrected chi connectivity index (χ3v) is 5.33. The van der Waals surface area contributed by atoms with E-state index in [2.05, 4.69) is 21.2 Å². The summed E-state index contributed by atoms with van der Waals surface area (Å²) in [6, 6.07) is 9.28. The van der Waals surface area contributed by atoms with Gasteiger partial charge in [0.1, 0.15) is 5.82 Å². The topological polar surface area (TPSA) is 66.4 Å². The summed E-state index contributed by atoms with van der Waals surface area (Å²) in [4.78, 5) is 23.7. The van der Waals surface area contributed by atoms with Gasteiger partial charge in [0.05, 0.1) is 0 Å². The van der Waals surface area contributed by atoms with Gasteiger partial charge in [0.15, 0.2) is 5.78 Å². The summed E-state index contributed by atoms with van der Waals surface area (Å²) in [6.07, 6.45) is 1.03. The summed E-state index contributed by atoms with van der Waals surface area (Å²) in [7, 11) is 0. The number of halogens is 2. The van der Waals surface area contributed by atoms with E-state index < -0.39 is 17.4 Å². The van der Waals surface area contributed by atoms with Gasteiger partial charge in [0.2, 0.25) is 0 Å². The van der Waals surface area contributed by atoms with Crippen molar-refractivity contribution in [3.05, 3.63) is 68.9 Å². The second-order valence-corrected chi connectivity index (χ2v) is 7.33. The maximum Gasteiger partial charge on any atom is 0.405 e. The van der Waals surface area contributed by atoms with Crippen molar-refractivity contribution in [1.29, 1.82) is 0 Å². The number of benzene rings is 2. The number of hydrogen-bond acceptors (Lipinski definition) is 2. The zero-order chi connectivity index (χ0) is 18.2. The molecule has 1 amide bonds. The number of amides is 1. The van der Waals surface area contributed by atoms with E-state index in [-0.39, 0.29) is 11.3 Å². The summed E-state index contributed by atoms with van der Waals surface area (Å²) < 4.78 is 14.2.